The van der Waals surface area contributed by atoms with Crippen LogP contribution >= 0.6 is 0 Å². The molecule has 0 unspecified atom stereocenters. The second kappa shape index (κ2) is 6.32. The van der Waals surface area contributed by atoms with E-state index in [0.29, 0.717) is 0 Å². The molecule has 1 rings (SSSR count). The molecule has 21 heavy (non-hydrogen) atoms. The number of benzene rings is 1. The lowest BCUT2D eigenvalue weighted by Crippen LogP contribution is -2.40. The van der Waals surface area contributed by atoms with Gasteiger partial charge in [0.2, 0.25) is 11.8 Å². The predicted octanol–water partition coefficient (Wildman–Crippen LogP) is -0.930. The van der Waals surface area contributed by atoms with E-state index in [0.717, 1.165) is 23.1 Å². The SMILES string of the molecule is NC(=O)CN(CC(N)=O)c1ccc([N+](=O)[O-])cc1C(=O)O. The second-order valence-corrected chi connectivity index (χ2v) is 4.05. The maximum atomic E-state index is 11.2. The second-order valence-electron chi connectivity index (χ2n) is 4.05. The summed E-state index contributed by atoms with van der Waals surface area (Å²) >= 11 is 0. The fraction of sp³-hybridized carbons (Fsp3) is 0.182. The topological polar surface area (TPSA) is 170 Å². The molecule has 0 heterocycles. The number of aromatic carboxylic acids is 1. The van der Waals surface area contributed by atoms with Crippen LogP contribution < -0.4 is 16.4 Å². The highest BCUT2D eigenvalue weighted by Crippen LogP contribution is 2.25. The van der Waals surface area contributed by atoms with Crippen LogP contribution in [0.25, 0.3) is 0 Å². The Balaban J connectivity index is 3.35. The van der Waals surface area contributed by atoms with E-state index < -0.39 is 47.0 Å². The summed E-state index contributed by atoms with van der Waals surface area (Å²) in [6.45, 7) is -0.915. The number of amides is 2. The van der Waals surface area contributed by atoms with Gasteiger partial charge in [0.05, 0.1) is 29.3 Å². The Hall–Kier alpha value is -3.17. The van der Waals surface area contributed by atoms with Crippen LogP contribution in [0.5, 0.6) is 0 Å². The molecule has 0 aliphatic heterocycles. The number of hydrogen-bond donors (Lipinski definition) is 3. The van der Waals surface area contributed by atoms with Crippen LogP contribution in [0, 0.1) is 10.1 Å². The quantitative estimate of drug-likeness (QED) is 0.431. The maximum absolute atomic E-state index is 11.2. The van der Waals surface area contributed by atoms with Crippen molar-refractivity contribution in [3.8, 4) is 0 Å². The third kappa shape index (κ3) is 4.16. The van der Waals surface area contributed by atoms with Crippen molar-refractivity contribution in [1.82, 2.24) is 0 Å². The number of carboxylic acids is 1. The number of hydrogen-bond acceptors (Lipinski definition) is 6. The van der Waals surface area contributed by atoms with Crippen molar-refractivity contribution in [3.63, 3.8) is 0 Å². The minimum absolute atomic E-state index is 0.0642. The molecule has 0 aromatic heterocycles. The summed E-state index contributed by atoms with van der Waals surface area (Å²) < 4.78 is 0. The molecule has 5 N–H and O–H groups in total. The number of rotatable bonds is 7. The maximum Gasteiger partial charge on any atom is 0.338 e. The zero-order valence-electron chi connectivity index (χ0n) is 10.7. The molecule has 0 saturated heterocycles. The fourth-order valence-electron chi connectivity index (χ4n) is 1.69. The van der Waals surface area contributed by atoms with Crippen molar-refractivity contribution in [1.29, 1.82) is 0 Å². The Bertz CT molecular complexity index is 599. The third-order valence-corrected chi connectivity index (χ3v) is 2.46. The Morgan fingerprint density at radius 1 is 1.19 bits per heavy atom. The van der Waals surface area contributed by atoms with Gasteiger partial charge in [0.15, 0.2) is 0 Å². The van der Waals surface area contributed by atoms with Gasteiger partial charge in [-0.15, -0.1) is 0 Å². The van der Waals surface area contributed by atoms with E-state index in [9.17, 15) is 24.5 Å². The lowest BCUT2D eigenvalue weighted by Gasteiger charge is -2.23. The van der Waals surface area contributed by atoms with Gasteiger partial charge in [-0.2, -0.15) is 0 Å². The van der Waals surface area contributed by atoms with Gasteiger partial charge in [0.1, 0.15) is 0 Å². The first-order valence-electron chi connectivity index (χ1n) is 5.55. The zero-order chi connectivity index (χ0) is 16.2. The molecule has 0 radical (unpaired) electrons. The van der Waals surface area contributed by atoms with Crippen LogP contribution in [0.4, 0.5) is 11.4 Å². The number of non-ortho nitro benzene ring substituents is 1. The third-order valence-electron chi connectivity index (χ3n) is 2.46. The minimum atomic E-state index is -1.45. The van der Waals surface area contributed by atoms with Crippen LogP contribution in [0.3, 0.4) is 0 Å². The monoisotopic (exact) mass is 296 g/mol. The molecule has 0 saturated carbocycles. The molecule has 0 aliphatic rings. The van der Waals surface area contributed by atoms with E-state index in [-0.39, 0.29) is 5.69 Å². The number of nitrogens with zero attached hydrogens (tertiary/aromatic N) is 2. The Kier molecular flexibility index (Phi) is 4.78. The lowest BCUT2D eigenvalue weighted by atomic mass is 10.1. The Morgan fingerprint density at radius 3 is 2.10 bits per heavy atom. The average molecular weight is 296 g/mol. The predicted molar refractivity (Wildman–Crippen MR) is 70.7 cm³/mol. The summed E-state index contributed by atoms with van der Waals surface area (Å²) in [6.07, 6.45) is 0. The Labute approximate surface area is 118 Å². The highest BCUT2D eigenvalue weighted by Gasteiger charge is 2.22. The van der Waals surface area contributed by atoms with Crippen molar-refractivity contribution >= 4 is 29.2 Å². The van der Waals surface area contributed by atoms with Gasteiger partial charge >= 0.3 is 5.97 Å². The van der Waals surface area contributed by atoms with Gasteiger partial charge in [0.25, 0.3) is 5.69 Å². The van der Waals surface area contributed by atoms with E-state index >= 15 is 0 Å². The zero-order valence-corrected chi connectivity index (χ0v) is 10.7. The molecule has 0 spiro atoms. The summed E-state index contributed by atoms with van der Waals surface area (Å²) in [5.41, 5.74) is 9.11. The number of nitrogens with two attached hydrogens (primary N) is 2. The first-order chi connectivity index (χ1) is 9.72. The number of nitro groups is 1. The fourth-order valence-corrected chi connectivity index (χ4v) is 1.69. The van der Waals surface area contributed by atoms with E-state index in [1.54, 1.807) is 0 Å². The normalized spacial score (nSPS) is 9.90. The van der Waals surface area contributed by atoms with Crippen molar-refractivity contribution < 1.29 is 24.4 Å². The summed E-state index contributed by atoms with van der Waals surface area (Å²) in [5.74, 6) is -3.08. The molecule has 1 aromatic carbocycles. The van der Waals surface area contributed by atoms with Crippen molar-refractivity contribution in [2.24, 2.45) is 11.5 Å². The van der Waals surface area contributed by atoms with Crippen molar-refractivity contribution in [2.75, 3.05) is 18.0 Å². The van der Waals surface area contributed by atoms with Gasteiger partial charge in [-0.3, -0.25) is 19.7 Å². The highest BCUT2D eigenvalue weighted by molar-refractivity contribution is 5.97. The van der Waals surface area contributed by atoms with Gasteiger partial charge in [-0.25, -0.2) is 4.79 Å². The number of anilines is 1. The van der Waals surface area contributed by atoms with E-state index in [1.807, 2.05) is 0 Å². The number of carbonyl (C=O) groups excluding carboxylic acids is 2. The average Bonchev–Trinajstić information content (AvgIpc) is 2.35. The van der Waals surface area contributed by atoms with Crippen LogP contribution in [-0.2, 0) is 9.59 Å². The van der Waals surface area contributed by atoms with E-state index in [2.05, 4.69) is 0 Å². The van der Waals surface area contributed by atoms with Gasteiger partial charge in [-0.1, -0.05) is 0 Å². The molecule has 0 aliphatic carbocycles. The molecule has 10 nitrogen and oxygen atoms in total. The number of nitro benzene ring substituents is 1. The van der Waals surface area contributed by atoms with Gasteiger partial charge in [0, 0.05) is 12.1 Å². The number of carbonyl (C=O) groups is 3. The standard InChI is InChI=1S/C11H12N4O6/c12-9(16)4-14(5-10(13)17)8-2-1-6(15(20)21)3-7(8)11(18)19/h1-3H,4-5H2,(H2,12,16)(H2,13,17)(H,18,19). The summed E-state index contributed by atoms with van der Waals surface area (Å²) in [7, 11) is 0. The molecule has 0 atom stereocenters. The molecule has 0 bridgehead atoms. The molecule has 1 aromatic rings. The highest BCUT2D eigenvalue weighted by atomic mass is 16.6. The molecule has 0 fully saturated rings. The van der Waals surface area contributed by atoms with Gasteiger partial charge in [-0.05, 0) is 6.07 Å². The minimum Gasteiger partial charge on any atom is -0.478 e. The largest absolute Gasteiger partial charge is 0.478 e. The van der Waals surface area contributed by atoms with Crippen LogP contribution in [0.15, 0.2) is 18.2 Å². The smallest absolute Gasteiger partial charge is 0.338 e. The summed E-state index contributed by atoms with van der Waals surface area (Å²) in [6, 6.07) is 3.00. The lowest BCUT2D eigenvalue weighted by molar-refractivity contribution is -0.384. The van der Waals surface area contributed by atoms with Crippen molar-refractivity contribution in [2.45, 2.75) is 0 Å². The van der Waals surface area contributed by atoms with Crippen LogP contribution in [0.2, 0.25) is 0 Å². The molecular weight excluding hydrogens is 284 g/mol. The molecular formula is C11H12N4O6. The van der Waals surface area contributed by atoms with Gasteiger partial charge < -0.3 is 21.5 Å². The Morgan fingerprint density at radius 2 is 1.71 bits per heavy atom. The van der Waals surface area contributed by atoms with Crippen LogP contribution in [0.1, 0.15) is 10.4 Å². The number of carboxylic acid groups (broad SMARTS) is 1. The molecule has 112 valence electrons. The number of primary amides is 2. The van der Waals surface area contributed by atoms with E-state index in [1.165, 1.54) is 0 Å². The molecule has 2 amide bonds. The van der Waals surface area contributed by atoms with E-state index in [4.69, 9.17) is 16.6 Å². The first-order valence-corrected chi connectivity index (χ1v) is 5.55. The van der Waals surface area contributed by atoms with Crippen molar-refractivity contribution in [3.05, 3.63) is 33.9 Å². The van der Waals surface area contributed by atoms with Crippen LogP contribution in [-0.4, -0.2) is 40.9 Å². The molecule has 10 heteroatoms. The summed E-state index contributed by atoms with van der Waals surface area (Å²) in [5, 5.41) is 19.8. The summed E-state index contributed by atoms with van der Waals surface area (Å²) in [4.78, 5) is 44.1. The first kappa shape index (κ1) is 15.9.